The zero-order valence-electron chi connectivity index (χ0n) is 15.7. The number of nitrogens with one attached hydrogen (secondary N) is 2. The summed E-state index contributed by atoms with van der Waals surface area (Å²) in [6, 6.07) is 17.9. The van der Waals surface area contributed by atoms with Crippen LogP contribution in [0, 0.1) is 0 Å². The van der Waals surface area contributed by atoms with E-state index in [4.69, 9.17) is 4.74 Å². The third-order valence-electron chi connectivity index (χ3n) is 6.07. The summed E-state index contributed by atoms with van der Waals surface area (Å²) in [5.41, 5.74) is 1.02. The molecule has 146 valence electrons. The number of H-pyrrole nitrogens is 1. The van der Waals surface area contributed by atoms with E-state index in [1.165, 1.54) is 0 Å². The molecule has 6 nitrogen and oxygen atoms in total. The molecule has 2 heterocycles. The Balaban J connectivity index is 1.46. The predicted molar refractivity (Wildman–Crippen MR) is 109 cm³/mol. The molecule has 2 N–H and O–H groups in total. The van der Waals surface area contributed by atoms with Crippen LogP contribution >= 0.6 is 0 Å². The van der Waals surface area contributed by atoms with Crippen molar-refractivity contribution in [2.45, 2.75) is 37.2 Å². The van der Waals surface area contributed by atoms with E-state index in [1.54, 1.807) is 0 Å². The molecule has 2 unspecified atom stereocenters. The van der Waals surface area contributed by atoms with Crippen molar-refractivity contribution in [2.75, 3.05) is 0 Å². The summed E-state index contributed by atoms with van der Waals surface area (Å²) >= 11 is 0. The Morgan fingerprint density at radius 1 is 0.966 bits per heavy atom. The molecule has 2 amide bonds. The minimum atomic E-state index is -1.14. The summed E-state index contributed by atoms with van der Waals surface area (Å²) in [6.07, 6.45) is 1.63. The van der Waals surface area contributed by atoms with Gasteiger partial charge in [-0.1, -0.05) is 42.5 Å². The van der Waals surface area contributed by atoms with E-state index < -0.39 is 17.6 Å². The van der Waals surface area contributed by atoms with Gasteiger partial charge in [0.25, 0.3) is 11.5 Å². The maximum absolute atomic E-state index is 12.9. The summed E-state index contributed by atoms with van der Waals surface area (Å²) in [5, 5.41) is 4.48. The first-order valence-electron chi connectivity index (χ1n) is 9.81. The molecular weight excluding hydrogens is 368 g/mol. The number of pyridine rings is 1. The van der Waals surface area contributed by atoms with E-state index in [0.717, 1.165) is 34.9 Å². The van der Waals surface area contributed by atoms with Crippen LogP contribution in [0.2, 0.25) is 0 Å². The van der Waals surface area contributed by atoms with Gasteiger partial charge in [0.05, 0.1) is 0 Å². The number of carbonyl (C=O) groups excluding carboxylic acids is 2. The van der Waals surface area contributed by atoms with Gasteiger partial charge in [-0.05, 0) is 53.6 Å². The number of imide groups is 1. The number of alkyl carbamates (subject to hydrolysis) is 1. The molecule has 2 aliphatic rings. The Labute approximate surface area is 166 Å². The van der Waals surface area contributed by atoms with Crippen molar-refractivity contribution in [1.82, 2.24) is 10.3 Å². The summed E-state index contributed by atoms with van der Waals surface area (Å²) in [7, 11) is 0. The Hall–Kier alpha value is -3.41. The summed E-state index contributed by atoms with van der Waals surface area (Å²) in [5.74, 6) is -0.522. The van der Waals surface area contributed by atoms with E-state index in [0.29, 0.717) is 18.4 Å². The molecule has 2 aromatic carbocycles. The van der Waals surface area contributed by atoms with Crippen LogP contribution in [0.3, 0.4) is 0 Å². The highest BCUT2D eigenvalue weighted by Crippen LogP contribution is 2.42. The number of hydrogen-bond acceptors (Lipinski definition) is 4. The zero-order valence-corrected chi connectivity index (χ0v) is 15.7. The number of hydrogen-bond donors (Lipinski definition) is 2. The van der Waals surface area contributed by atoms with Crippen LogP contribution in [-0.2, 0) is 9.53 Å². The first kappa shape index (κ1) is 17.7. The Kier molecular flexibility index (Phi) is 4.01. The van der Waals surface area contributed by atoms with Crippen LogP contribution in [0.25, 0.3) is 22.0 Å². The van der Waals surface area contributed by atoms with E-state index >= 15 is 0 Å². The fraction of sp³-hybridized carbons (Fsp3) is 0.261. The minimum Gasteiger partial charge on any atom is -0.432 e. The van der Waals surface area contributed by atoms with E-state index in [2.05, 4.69) is 22.4 Å². The fourth-order valence-electron chi connectivity index (χ4n) is 4.59. The largest absolute Gasteiger partial charge is 0.432 e. The number of rotatable bonds is 2. The highest BCUT2D eigenvalue weighted by Gasteiger charge is 2.51. The van der Waals surface area contributed by atoms with Crippen molar-refractivity contribution in [3.05, 3.63) is 70.5 Å². The molecule has 2 atom stereocenters. The third kappa shape index (κ3) is 3.01. The Morgan fingerprint density at radius 2 is 1.79 bits per heavy atom. The van der Waals surface area contributed by atoms with E-state index in [9.17, 15) is 14.4 Å². The monoisotopic (exact) mass is 388 g/mol. The molecule has 6 heteroatoms. The molecule has 3 aromatic rings. The number of benzene rings is 2. The summed E-state index contributed by atoms with van der Waals surface area (Å²) < 4.78 is 5.32. The third-order valence-corrected chi connectivity index (χ3v) is 6.07. The first-order valence-corrected chi connectivity index (χ1v) is 9.81. The topological polar surface area (TPSA) is 88.3 Å². The molecule has 1 saturated heterocycles. The van der Waals surface area contributed by atoms with E-state index in [-0.39, 0.29) is 11.5 Å². The lowest BCUT2D eigenvalue weighted by Crippen LogP contribution is -2.43. The number of aromatic amines is 1. The number of carbonyl (C=O) groups is 2. The molecule has 29 heavy (non-hydrogen) atoms. The Bertz CT molecular complexity index is 1200. The van der Waals surface area contributed by atoms with Crippen LogP contribution in [0.15, 0.2) is 59.4 Å². The van der Waals surface area contributed by atoms with Crippen molar-refractivity contribution in [1.29, 1.82) is 0 Å². The standard InChI is InChI=1S/C23H20N2O4/c26-20-18(17-6-3-11-23(13-17)21(27)25-22(28)29-23)9-10-19(24-20)16-8-7-14-4-1-2-5-15(14)12-16/h1-2,4-5,7-10,12,17H,3,6,11,13H2,(H,24,26)(H,25,27,28). The molecule has 5 rings (SSSR count). The fourth-order valence-corrected chi connectivity index (χ4v) is 4.59. The molecule has 1 saturated carbocycles. The van der Waals surface area contributed by atoms with E-state index in [1.807, 2.05) is 42.5 Å². The van der Waals surface area contributed by atoms with Gasteiger partial charge < -0.3 is 9.72 Å². The molecule has 0 radical (unpaired) electrons. The number of fused-ring (bicyclic) bond motifs is 1. The zero-order chi connectivity index (χ0) is 20.0. The van der Waals surface area contributed by atoms with Crippen LogP contribution in [0.4, 0.5) is 4.79 Å². The van der Waals surface area contributed by atoms with Crippen molar-refractivity contribution in [3.8, 4) is 11.3 Å². The maximum atomic E-state index is 12.9. The quantitative estimate of drug-likeness (QED) is 0.698. The van der Waals surface area contributed by atoms with Gasteiger partial charge in [-0.3, -0.25) is 14.9 Å². The molecule has 1 aliphatic heterocycles. The van der Waals surface area contributed by atoms with Crippen LogP contribution in [0.5, 0.6) is 0 Å². The average Bonchev–Trinajstić information content (AvgIpc) is 2.99. The average molecular weight is 388 g/mol. The maximum Gasteiger partial charge on any atom is 0.415 e. The second-order valence-electron chi connectivity index (χ2n) is 7.85. The van der Waals surface area contributed by atoms with Gasteiger partial charge >= 0.3 is 6.09 Å². The summed E-state index contributed by atoms with van der Waals surface area (Å²) in [6.45, 7) is 0. The molecule has 0 bridgehead atoms. The van der Waals surface area contributed by atoms with Crippen molar-refractivity contribution < 1.29 is 14.3 Å². The smallest absolute Gasteiger partial charge is 0.415 e. The van der Waals surface area contributed by atoms with Gasteiger partial charge in [-0.15, -0.1) is 0 Å². The normalized spacial score (nSPS) is 23.9. The van der Waals surface area contributed by atoms with Crippen LogP contribution in [-0.4, -0.2) is 22.6 Å². The molecule has 2 fully saturated rings. The second-order valence-corrected chi connectivity index (χ2v) is 7.85. The first-order chi connectivity index (χ1) is 14.0. The minimum absolute atomic E-state index is 0.130. The molecule has 1 aliphatic carbocycles. The molecular formula is C23H20N2O4. The Morgan fingerprint density at radius 3 is 2.55 bits per heavy atom. The van der Waals surface area contributed by atoms with Crippen molar-refractivity contribution in [2.24, 2.45) is 0 Å². The second kappa shape index (κ2) is 6.58. The lowest BCUT2D eigenvalue weighted by atomic mass is 9.75. The van der Waals surface area contributed by atoms with Gasteiger partial charge in [-0.2, -0.15) is 0 Å². The number of amides is 2. The van der Waals surface area contributed by atoms with Gasteiger partial charge in [0.2, 0.25) is 0 Å². The van der Waals surface area contributed by atoms with Crippen molar-refractivity contribution >= 4 is 22.8 Å². The highest BCUT2D eigenvalue weighted by atomic mass is 16.6. The molecule has 1 spiro atoms. The van der Waals surface area contributed by atoms with Gasteiger partial charge in [0.1, 0.15) is 0 Å². The van der Waals surface area contributed by atoms with Crippen molar-refractivity contribution in [3.63, 3.8) is 0 Å². The summed E-state index contributed by atoms with van der Waals surface area (Å²) in [4.78, 5) is 39.6. The van der Waals surface area contributed by atoms with Gasteiger partial charge in [0.15, 0.2) is 5.60 Å². The van der Waals surface area contributed by atoms with Gasteiger partial charge in [-0.25, -0.2) is 4.79 Å². The van der Waals surface area contributed by atoms with Crippen LogP contribution < -0.4 is 10.9 Å². The number of ether oxygens (including phenoxy) is 1. The predicted octanol–water partition coefficient (Wildman–Crippen LogP) is 3.86. The van der Waals surface area contributed by atoms with Gasteiger partial charge in [0, 0.05) is 17.7 Å². The lowest BCUT2D eigenvalue weighted by molar-refractivity contribution is -0.134. The SMILES string of the molecule is O=C1NC(=O)C2(CCCC(c3ccc(-c4ccc5ccccc5c4)[nH]c3=O)C2)O1. The van der Waals surface area contributed by atoms with Crippen LogP contribution in [0.1, 0.15) is 37.2 Å². The molecule has 1 aromatic heterocycles. The lowest BCUT2D eigenvalue weighted by Gasteiger charge is -2.33. The number of aromatic nitrogens is 1. The highest BCUT2D eigenvalue weighted by molar-refractivity contribution is 6.03.